The molecule has 2 unspecified atom stereocenters. The number of rotatable bonds is 18. The van der Waals surface area contributed by atoms with Crippen LogP contribution in [0.4, 0.5) is 5.69 Å². The van der Waals surface area contributed by atoms with Crippen LogP contribution in [0.15, 0.2) is 72.4 Å². The number of aromatic nitrogens is 5. The first-order chi connectivity index (χ1) is 33.1. The van der Waals surface area contributed by atoms with E-state index in [2.05, 4.69) is 41.2 Å². The van der Waals surface area contributed by atoms with Crippen LogP contribution in [0, 0.1) is 18.3 Å². The number of amides is 5. The lowest BCUT2D eigenvalue weighted by Crippen LogP contribution is -2.57. The minimum absolute atomic E-state index is 0.00778. The van der Waals surface area contributed by atoms with Gasteiger partial charge in [-0.1, -0.05) is 51.5 Å². The highest BCUT2D eigenvalue weighted by Gasteiger charge is 2.44. The van der Waals surface area contributed by atoms with Gasteiger partial charge in [0.15, 0.2) is 0 Å². The Morgan fingerprint density at radius 3 is 2.54 bits per heavy atom. The van der Waals surface area contributed by atoms with Crippen molar-refractivity contribution in [2.75, 3.05) is 31.5 Å². The molecule has 69 heavy (non-hydrogen) atoms. The highest BCUT2D eigenvalue weighted by molar-refractivity contribution is 7.13. The summed E-state index contributed by atoms with van der Waals surface area (Å²) in [6, 6.07) is 17.3. The van der Waals surface area contributed by atoms with E-state index in [0.717, 1.165) is 75.4 Å². The second-order valence-electron chi connectivity index (χ2n) is 19.6. The molecule has 0 spiro atoms. The number of H-pyrrole nitrogens is 1. The fraction of sp³-hybridized carbons (Fsp3) is 0.451. The van der Waals surface area contributed by atoms with Crippen molar-refractivity contribution in [1.29, 1.82) is 0 Å². The number of thiazole rings is 1. The Morgan fingerprint density at radius 2 is 1.77 bits per heavy atom. The van der Waals surface area contributed by atoms with Gasteiger partial charge in [-0.3, -0.25) is 33.6 Å². The van der Waals surface area contributed by atoms with Gasteiger partial charge in [0.1, 0.15) is 17.9 Å². The molecule has 8 rings (SSSR count). The molecular weight excluding hydrogens is 895 g/mol. The molecule has 5 heterocycles. The topological polar surface area (TPSA) is 220 Å². The molecule has 0 bridgehead atoms. The molecule has 0 aliphatic carbocycles. The number of fused-ring (bicyclic) bond motifs is 2. The number of β-amino-alcohol motifs (C(OH)–C–C–N with tert-alkyl or cyclic N) is 1. The molecule has 4 atom stereocenters. The molecule has 0 saturated carbocycles. The van der Waals surface area contributed by atoms with E-state index in [4.69, 9.17) is 4.98 Å². The standard InChI is InChI=1S/C51H63N11O6S/c1-31-46(69-30-54-31)34-12-10-32(11-13-34)25-53-49(67)42-24-38(63)28-62(42)50(68)47(51(2,3)4)59-44(64)9-7-6-8-19-52-45(65)21-33-18-20-61(27-33)29-43-57-39-16-15-37(23-40(39)58-43)56-48(66)35-14-17-41-36(22-35)26-55-60(41)5/h10-17,22-23,26,30,33,38,42,47,63H,6-9,18-21,24-25,27-29H2,1-5H3,(H,52,65)(H,53,67)(H,56,66)(H,57,58)(H,59,64)/t33?,38-,42+,47?/m1/s1. The number of hydrogen-bond acceptors (Lipinski definition) is 11. The van der Waals surface area contributed by atoms with Crippen molar-refractivity contribution in [2.45, 2.75) is 104 Å². The number of unbranched alkanes of at least 4 members (excludes halogenated alkanes) is 2. The van der Waals surface area contributed by atoms with E-state index in [1.54, 1.807) is 28.3 Å². The Hall–Kier alpha value is -6.50. The number of carbonyl (C=O) groups is 5. The predicted molar refractivity (Wildman–Crippen MR) is 266 cm³/mol. The number of benzene rings is 3. The quantitative estimate of drug-likeness (QED) is 0.0566. The van der Waals surface area contributed by atoms with Gasteiger partial charge in [0, 0.05) is 69.1 Å². The zero-order valence-electron chi connectivity index (χ0n) is 40.0. The SMILES string of the molecule is Cc1ncsc1-c1ccc(CNC(=O)[C@@H]2C[C@@H](O)CN2C(=O)C(NC(=O)CCCCCNC(=O)CC2CCN(Cc3nc4ccc(NC(=O)c5ccc6c(cnn6C)c5)cc4[nH]3)C2)C(C)(C)C)cc1. The normalized spacial score (nSPS) is 17.9. The number of nitrogens with zero attached hydrogens (tertiary/aromatic N) is 6. The molecule has 18 heteroatoms. The number of nitrogens with one attached hydrogen (secondary N) is 5. The van der Waals surface area contributed by atoms with E-state index in [1.165, 1.54) is 4.90 Å². The molecule has 3 aromatic carbocycles. The second-order valence-corrected chi connectivity index (χ2v) is 20.5. The largest absolute Gasteiger partial charge is 0.391 e. The highest BCUT2D eigenvalue weighted by Crippen LogP contribution is 2.29. The summed E-state index contributed by atoms with van der Waals surface area (Å²) in [6.45, 7) is 10.6. The maximum atomic E-state index is 14.0. The third kappa shape index (κ3) is 12.2. The van der Waals surface area contributed by atoms with Crippen molar-refractivity contribution >= 4 is 68.5 Å². The summed E-state index contributed by atoms with van der Waals surface area (Å²) in [7, 11) is 1.87. The lowest BCUT2D eigenvalue weighted by atomic mass is 9.85. The zero-order chi connectivity index (χ0) is 48.8. The van der Waals surface area contributed by atoms with E-state index < -0.39 is 29.5 Å². The summed E-state index contributed by atoms with van der Waals surface area (Å²) in [5.74, 6) is -0.135. The molecule has 0 radical (unpaired) electrons. The van der Waals surface area contributed by atoms with Crippen molar-refractivity contribution in [2.24, 2.45) is 18.4 Å². The van der Waals surface area contributed by atoms with Crippen molar-refractivity contribution < 1.29 is 29.1 Å². The number of aliphatic hydroxyl groups excluding tert-OH is 1. The van der Waals surface area contributed by atoms with Crippen molar-refractivity contribution in [3.05, 3.63) is 95.0 Å². The first-order valence-electron chi connectivity index (χ1n) is 23.8. The predicted octanol–water partition coefficient (Wildman–Crippen LogP) is 5.83. The number of likely N-dealkylation sites (tertiary alicyclic amines) is 2. The van der Waals surface area contributed by atoms with Crippen LogP contribution in [0.5, 0.6) is 0 Å². The number of anilines is 1. The van der Waals surface area contributed by atoms with Gasteiger partial charge >= 0.3 is 0 Å². The molecule has 2 aliphatic rings. The molecule has 6 N–H and O–H groups in total. The van der Waals surface area contributed by atoms with Crippen molar-refractivity contribution in [3.8, 4) is 10.4 Å². The molecule has 17 nitrogen and oxygen atoms in total. The molecule has 3 aromatic heterocycles. The van der Waals surface area contributed by atoms with Gasteiger partial charge < -0.3 is 36.3 Å². The van der Waals surface area contributed by atoms with Gasteiger partial charge in [-0.05, 0) is 91.6 Å². The monoisotopic (exact) mass is 957 g/mol. The maximum Gasteiger partial charge on any atom is 0.255 e. The Balaban J connectivity index is 0.719. The third-order valence-electron chi connectivity index (χ3n) is 13.1. The first-order valence-corrected chi connectivity index (χ1v) is 24.7. The lowest BCUT2D eigenvalue weighted by molar-refractivity contribution is -0.144. The van der Waals surface area contributed by atoms with Crippen LogP contribution in [-0.4, -0.2) is 114 Å². The van der Waals surface area contributed by atoms with E-state index in [0.29, 0.717) is 43.6 Å². The van der Waals surface area contributed by atoms with Crippen molar-refractivity contribution in [1.82, 2.24) is 50.5 Å². The molecule has 2 aliphatic heterocycles. The molecule has 364 valence electrons. The third-order valence-corrected chi connectivity index (χ3v) is 14.1. The van der Waals surface area contributed by atoms with Gasteiger partial charge in [-0.25, -0.2) is 9.97 Å². The lowest BCUT2D eigenvalue weighted by Gasteiger charge is -2.35. The number of aromatic amines is 1. The van der Waals surface area contributed by atoms with E-state index in [-0.39, 0.29) is 55.5 Å². The molecule has 2 fully saturated rings. The molecule has 5 amide bonds. The Morgan fingerprint density at radius 1 is 0.957 bits per heavy atom. The van der Waals surface area contributed by atoms with Gasteiger partial charge in [-0.2, -0.15) is 5.10 Å². The van der Waals surface area contributed by atoms with Crippen LogP contribution in [-0.2, 0) is 39.3 Å². The van der Waals surface area contributed by atoms with Crippen LogP contribution in [0.3, 0.4) is 0 Å². The Bertz CT molecular complexity index is 2810. The van der Waals surface area contributed by atoms with Crippen LogP contribution < -0.4 is 21.3 Å². The first kappa shape index (κ1) is 48.9. The molecule has 6 aromatic rings. The van der Waals surface area contributed by atoms with Gasteiger partial charge in [-0.15, -0.1) is 11.3 Å². The number of hydrogen-bond donors (Lipinski definition) is 6. The average Bonchev–Trinajstić information content (AvgIpc) is 4.18. The number of aliphatic hydroxyl groups is 1. The molecule has 2 saturated heterocycles. The van der Waals surface area contributed by atoms with Gasteiger partial charge in [0.05, 0.1) is 51.5 Å². The summed E-state index contributed by atoms with van der Waals surface area (Å²) < 4.78 is 1.77. The Kier molecular flexibility index (Phi) is 15.2. The van der Waals surface area contributed by atoms with Crippen molar-refractivity contribution in [3.63, 3.8) is 0 Å². The van der Waals surface area contributed by atoms with Crippen LogP contribution in [0.2, 0.25) is 0 Å². The number of imidazole rings is 1. The van der Waals surface area contributed by atoms with Crippen LogP contribution in [0.25, 0.3) is 32.4 Å². The van der Waals surface area contributed by atoms with E-state index in [9.17, 15) is 29.1 Å². The Labute approximate surface area is 405 Å². The fourth-order valence-corrected chi connectivity index (χ4v) is 10.1. The van der Waals surface area contributed by atoms with Crippen LogP contribution in [0.1, 0.15) is 93.2 Å². The summed E-state index contributed by atoms with van der Waals surface area (Å²) in [4.78, 5) is 83.9. The van der Waals surface area contributed by atoms with E-state index >= 15 is 0 Å². The number of aryl methyl sites for hydroxylation is 2. The maximum absolute atomic E-state index is 14.0. The highest BCUT2D eigenvalue weighted by atomic mass is 32.1. The summed E-state index contributed by atoms with van der Waals surface area (Å²) in [6.07, 6.45) is 4.60. The minimum Gasteiger partial charge on any atom is -0.391 e. The second kappa shape index (κ2) is 21.4. The zero-order valence-corrected chi connectivity index (χ0v) is 40.8. The summed E-state index contributed by atoms with van der Waals surface area (Å²) in [5.41, 5.74) is 7.91. The van der Waals surface area contributed by atoms with Gasteiger partial charge in [0.2, 0.25) is 23.6 Å². The minimum atomic E-state index is -0.896. The fourth-order valence-electron chi connectivity index (χ4n) is 9.32. The molecular formula is C51H63N11O6S. The summed E-state index contributed by atoms with van der Waals surface area (Å²) >= 11 is 1.58. The van der Waals surface area contributed by atoms with E-state index in [1.807, 2.05) is 94.9 Å². The van der Waals surface area contributed by atoms with Crippen LogP contribution >= 0.6 is 11.3 Å². The van der Waals surface area contributed by atoms with Gasteiger partial charge in [0.25, 0.3) is 5.91 Å². The average molecular weight is 958 g/mol. The summed E-state index contributed by atoms with van der Waals surface area (Å²) in [5, 5.41) is 27.7. The smallest absolute Gasteiger partial charge is 0.255 e. The number of carbonyl (C=O) groups excluding carboxylic acids is 5.